The van der Waals surface area contributed by atoms with Crippen molar-refractivity contribution in [2.75, 3.05) is 6.61 Å². The Morgan fingerprint density at radius 2 is 2.47 bits per heavy atom. The Hall–Kier alpha value is -2.03. The molecule has 92 valence electrons. The highest BCUT2D eigenvalue weighted by Gasteiger charge is 2.17. The lowest BCUT2D eigenvalue weighted by molar-refractivity contribution is -0.112. The number of hydrogen-bond donors (Lipinski definition) is 2. The van der Waals surface area contributed by atoms with E-state index >= 15 is 0 Å². The third-order valence-corrected chi connectivity index (χ3v) is 2.17. The SMILES string of the molecule is CCO/N=C(\C(N)=O)c1nsc(COC=N)n1. The van der Waals surface area contributed by atoms with E-state index < -0.39 is 5.91 Å². The van der Waals surface area contributed by atoms with Crippen molar-refractivity contribution in [1.29, 1.82) is 5.41 Å². The molecule has 0 aromatic carbocycles. The number of nitrogens with zero attached hydrogens (tertiary/aromatic N) is 3. The molecule has 1 aromatic heterocycles. The van der Waals surface area contributed by atoms with Crippen LogP contribution >= 0.6 is 11.5 Å². The van der Waals surface area contributed by atoms with E-state index in [0.29, 0.717) is 11.6 Å². The van der Waals surface area contributed by atoms with Gasteiger partial charge in [0.1, 0.15) is 13.2 Å². The molecule has 17 heavy (non-hydrogen) atoms. The van der Waals surface area contributed by atoms with Gasteiger partial charge in [0.15, 0.2) is 11.4 Å². The van der Waals surface area contributed by atoms with Crippen LogP contribution < -0.4 is 5.73 Å². The Kier molecular flexibility index (Phi) is 5.01. The highest BCUT2D eigenvalue weighted by atomic mass is 32.1. The maximum absolute atomic E-state index is 11.1. The van der Waals surface area contributed by atoms with Crippen molar-refractivity contribution in [3.05, 3.63) is 10.8 Å². The molecule has 0 bridgehead atoms. The largest absolute Gasteiger partial charge is 0.476 e. The number of ether oxygens (including phenoxy) is 1. The lowest BCUT2D eigenvalue weighted by Crippen LogP contribution is -2.25. The lowest BCUT2D eigenvalue weighted by Gasteiger charge is -1.97. The number of nitrogens with one attached hydrogen (secondary N) is 1. The van der Waals surface area contributed by atoms with E-state index in [1.54, 1.807) is 6.92 Å². The molecule has 0 saturated carbocycles. The summed E-state index contributed by atoms with van der Waals surface area (Å²) in [6, 6.07) is 0. The summed E-state index contributed by atoms with van der Waals surface area (Å²) in [4.78, 5) is 19.8. The Morgan fingerprint density at radius 1 is 1.71 bits per heavy atom. The van der Waals surface area contributed by atoms with E-state index in [9.17, 15) is 4.79 Å². The van der Waals surface area contributed by atoms with Crippen LogP contribution in [0.4, 0.5) is 0 Å². The molecule has 0 radical (unpaired) electrons. The number of aromatic nitrogens is 2. The van der Waals surface area contributed by atoms with Crippen LogP contribution in [0.1, 0.15) is 17.8 Å². The monoisotopic (exact) mass is 257 g/mol. The van der Waals surface area contributed by atoms with Crippen LogP contribution in [0.5, 0.6) is 0 Å². The van der Waals surface area contributed by atoms with Crippen LogP contribution in [0, 0.1) is 5.41 Å². The Morgan fingerprint density at radius 3 is 3.06 bits per heavy atom. The fraction of sp³-hybridized carbons (Fsp3) is 0.375. The summed E-state index contributed by atoms with van der Waals surface area (Å²) in [7, 11) is 0. The predicted octanol–water partition coefficient (Wildman–Crippen LogP) is -0.112. The summed E-state index contributed by atoms with van der Waals surface area (Å²) in [5.41, 5.74) is 4.99. The first-order chi connectivity index (χ1) is 8.19. The van der Waals surface area contributed by atoms with Gasteiger partial charge in [-0.15, -0.1) is 0 Å². The van der Waals surface area contributed by atoms with Gasteiger partial charge in [-0.25, -0.2) is 4.98 Å². The first kappa shape index (κ1) is 13.0. The summed E-state index contributed by atoms with van der Waals surface area (Å²) in [5.74, 6) is -0.671. The minimum absolute atomic E-state index is 0.0968. The molecular formula is C8H11N5O3S. The molecule has 0 aliphatic heterocycles. The molecule has 0 aliphatic rings. The molecule has 0 fully saturated rings. The van der Waals surface area contributed by atoms with Crippen LogP contribution in [0.25, 0.3) is 0 Å². The van der Waals surface area contributed by atoms with Crippen LogP contribution in [0.2, 0.25) is 0 Å². The van der Waals surface area contributed by atoms with E-state index in [-0.39, 0.29) is 18.1 Å². The maximum atomic E-state index is 11.1. The standard InChI is InChI=1S/C8H11N5O3S/c1-2-16-12-6(7(10)14)8-11-5(17-13-8)3-15-4-9/h4,9H,2-3H2,1H3,(H2,10,14)/b9-4?,12-6+. The summed E-state index contributed by atoms with van der Waals surface area (Å²) >= 11 is 1.04. The molecule has 0 spiro atoms. The van der Waals surface area contributed by atoms with E-state index in [0.717, 1.165) is 17.9 Å². The van der Waals surface area contributed by atoms with Gasteiger partial charge in [0.05, 0.1) is 0 Å². The smallest absolute Gasteiger partial charge is 0.274 e. The lowest BCUT2D eigenvalue weighted by atomic mass is 10.3. The van der Waals surface area contributed by atoms with E-state index in [2.05, 4.69) is 14.5 Å². The van der Waals surface area contributed by atoms with Crippen molar-refractivity contribution in [1.82, 2.24) is 9.36 Å². The van der Waals surface area contributed by atoms with Gasteiger partial charge in [-0.05, 0) is 18.5 Å². The highest BCUT2D eigenvalue weighted by molar-refractivity contribution is 7.05. The van der Waals surface area contributed by atoms with E-state index in [1.807, 2.05) is 0 Å². The van der Waals surface area contributed by atoms with Gasteiger partial charge in [-0.3, -0.25) is 10.2 Å². The Balaban J connectivity index is 2.84. The third-order valence-electron chi connectivity index (χ3n) is 1.49. The molecule has 0 saturated heterocycles. The van der Waals surface area contributed by atoms with Gasteiger partial charge in [-0.1, -0.05) is 5.16 Å². The maximum Gasteiger partial charge on any atom is 0.274 e. The first-order valence-corrected chi connectivity index (χ1v) is 5.39. The minimum Gasteiger partial charge on any atom is -0.476 e. The summed E-state index contributed by atoms with van der Waals surface area (Å²) in [5, 5.41) is 10.7. The normalized spacial score (nSPS) is 11.0. The number of carbonyl (C=O) groups excluding carboxylic acids is 1. The highest BCUT2D eigenvalue weighted by Crippen LogP contribution is 2.07. The van der Waals surface area contributed by atoms with Crippen molar-refractivity contribution in [3.8, 4) is 0 Å². The molecule has 1 aromatic rings. The van der Waals surface area contributed by atoms with Crippen molar-refractivity contribution >= 4 is 29.6 Å². The van der Waals surface area contributed by atoms with Crippen LogP contribution in [0.15, 0.2) is 5.16 Å². The number of oxime groups is 1. The molecule has 0 atom stereocenters. The molecule has 1 rings (SSSR count). The number of carbonyl (C=O) groups is 1. The van der Waals surface area contributed by atoms with Gasteiger partial charge in [0.25, 0.3) is 5.91 Å². The quantitative estimate of drug-likeness (QED) is 0.400. The van der Waals surface area contributed by atoms with Crippen LogP contribution in [-0.2, 0) is 21.0 Å². The number of primary amides is 1. The first-order valence-electron chi connectivity index (χ1n) is 4.62. The average Bonchev–Trinajstić information content (AvgIpc) is 2.75. The summed E-state index contributed by atoms with van der Waals surface area (Å²) < 4.78 is 8.62. The molecule has 8 nitrogen and oxygen atoms in total. The van der Waals surface area contributed by atoms with Gasteiger partial charge in [-0.2, -0.15) is 4.37 Å². The molecule has 1 amide bonds. The van der Waals surface area contributed by atoms with Crippen molar-refractivity contribution < 1.29 is 14.4 Å². The topological polar surface area (TPSA) is 124 Å². The molecule has 0 unspecified atom stereocenters. The Bertz CT molecular complexity index is 431. The van der Waals surface area contributed by atoms with Crippen molar-refractivity contribution in [2.24, 2.45) is 10.9 Å². The number of nitrogens with two attached hydrogens (primary N) is 1. The zero-order chi connectivity index (χ0) is 12.7. The second-order valence-corrected chi connectivity index (χ2v) is 3.50. The van der Waals surface area contributed by atoms with E-state index in [1.165, 1.54) is 0 Å². The van der Waals surface area contributed by atoms with Gasteiger partial charge >= 0.3 is 0 Å². The second-order valence-electron chi connectivity index (χ2n) is 2.66. The molecule has 9 heteroatoms. The minimum atomic E-state index is -0.768. The zero-order valence-electron chi connectivity index (χ0n) is 9.04. The molecule has 1 heterocycles. The van der Waals surface area contributed by atoms with E-state index in [4.69, 9.17) is 20.7 Å². The average molecular weight is 257 g/mol. The van der Waals surface area contributed by atoms with Gasteiger partial charge in [0, 0.05) is 0 Å². The van der Waals surface area contributed by atoms with Crippen molar-refractivity contribution in [2.45, 2.75) is 13.5 Å². The Labute approximate surface area is 101 Å². The van der Waals surface area contributed by atoms with Crippen molar-refractivity contribution in [3.63, 3.8) is 0 Å². The summed E-state index contributed by atoms with van der Waals surface area (Å²) in [6.45, 7) is 2.15. The third kappa shape index (κ3) is 3.79. The molecular weight excluding hydrogens is 246 g/mol. The zero-order valence-corrected chi connectivity index (χ0v) is 9.86. The fourth-order valence-corrected chi connectivity index (χ4v) is 1.41. The molecule has 0 aliphatic carbocycles. The van der Waals surface area contributed by atoms with Crippen LogP contribution in [0.3, 0.4) is 0 Å². The fourth-order valence-electron chi connectivity index (χ4n) is 0.848. The summed E-state index contributed by atoms with van der Waals surface area (Å²) in [6.07, 6.45) is 0.796. The number of amides is 1. The predicted molar refractivity (Wildman–Crippen MR) is 60.8 cm³/mol. The second kappa shape index (κ2) is 6.53. The van der Waals surface area contributed by atoms with Gasteiger partial charge in [0.2, 0.25) is 11.5 Å². The van der Waals surface area contributed by atoms with Crippen LogP contribution in [-0.4, -0.2) is 34.0 Å². The molecule has 3 N–H and O–H groups in total. The number of rotatable bonds is 7. The number of hydrogen-bond acceptors (Lipinski definition) is 8. The van der Waals surface area contributed by atoms with Gasteiger partial charge < -0.3 is 15.3 Å².